The minimum atomic E-state index is -0.292. The molecule has 0 unspecified atom stereocenters. The van der Waals surface area contributed by atoms with Crippen LogP contribution in [0.1, 0.15) is 16.1 Å². The third kappa shape index (κ3) is 2.93. The second-order valence-electron chi connectivity index (χ2n) is 5.81. The molecule has 2 heterocycles. The molecule has 0 aliphatic carbocycles. The minimum Gasteiger partial charge on any atom is -0.496 e. The molecule has 0 atom stereocenters. The van der Waals surface area contributed by atoms with Crippen LogP contribution in [-0.2, 0) is 0 Å². The number of anilines is 1. The van der Waals surface area contributed by atoms with E-state index in [4.69, 9.17) is 4.74 Å². The molecule has 0 fully saturated rings. The van der Waals surface area contributed by atoms with Gasteiger partial charge in [0.15, 0.2) is 10.8 Å². The van der Waals surface area contributed by atoms with E-state index in [0.717, 1.165) is 33.5 Å². The van der Waals surface area contributed by atoms with Crippen molar-refractivity contribution in [1.29, 1.82) is 0 Å². The van der Waals surface area contributed by atoms with Crippen LogP contribution < -0.4 is 10.1 Å². The Labute approximate surface area is 153 Å². The summed E-state index contributed by atoms with van der Waals surface area (Å²) in [5.74, 6) is 0.455. The fourth-order valence-electron chi connectivity index (χ4n) is 2.77. The average molecular weight is 364 g/mol. The van der Waals surface area contributed by atoms with Crippen LogP contribution in [0.15, 0.2) is 47.8 Å². The number of H-pyrrole nitrogens is 1. The lowest BCUT2D eigenvalue weighted by Crippen LogP contribution is -2.12. The highest BCUT2D eigenvalue weighted by Crippen LogP contribution is 2.33. The Morgan fingerprint density at radius 2 is 2.08 bits per heavy atom. The van der Waals surface area contributed by atoms with Crippen molar-refractivity contribution in [2.24, 2.45) is 0 Å². The van der Waals surface area contributed by atoms with Crippen molar-refractivity contribution in [3.05, 3.63) is 59.1 Å². The Kier molecular flexibility index (Phi) is 4.14. The lowest BCUT2D eigenvalue weighted by molar-refractivity contribution is 0.102. The summed E-state index contributed by atoms with van der Waals surface area (Å²) in [5.41, 5.74) is 3.95. The first-order chi connectivity index (χ1) is 12.7. The molecule has 0 saturated carbocycles. The summed E-state index contributed by atoms with van der Waals surface area (Å²) in [5, 5.41) is 13.0. The van der Waals surface area contributed by atoms with Crippen LogP contribution in [0.3, 0.4) is 0 Å². The molecule has 7 heteroatoms. The number of carbonyl (C=O) groups is 1. The minimum absolute atomic E-state index is 0.292. The Balaban J connectivity index is 1.61. The molecule has 0 radical (unpaired) electrons. The van der Waals surface area contributed by atoms with Crippen LogP contribution in [0.5, 0.6) is 5.75 Å². The van der Waals surface area contributed by atoms with Crippen LogP contribution in [0.25, 0.3) is 22.2 Å². The van der Waals surface area contributed by atoms with Gasteiger partial charge in [-0.3, -0.25) is 15.2 Å². The van der Waals surface area contributed by atoms with Gasteiger partial charge in [0.05, 0.1) is 18.3 Å². The van der Waals surface area contributed by atoms with Crippen molar-refractivity contribution in [3.8, 4) is 17.0 Å². The first-order valence-corrected chi connectivity index (χ1v) is 8.88. The predicted molar refractivity (Wildman–Crippen MR) is 103 cm³/mol. The predicted octanol–water partition coefficient (Wildman–Crippen LogP) is 4.26. The molecular formula is C19H16N4O2S. The summed E-state index contributed by atoms with van der Waals surface area (Å²) in [6.07, 6.45) is 0. The Hall–Kier alpha value is -3.19. The topological polar surface area (TPSA) is 79.9 Å². The maximum absolute atomic E-state index is 12.6. The van der Waals surface area contributed by atoms with E-state index in [1.165, 1.54) is 11.3 Å². The molecule has 0 bridgehead atoms. The van der Waals surface area contributed by atoms with Gasteiger partial charge in [-0.25, -0.2) is 4.98 Å². The fraction of sp³-hybridized carbons (Fsp3) is 0.105. The number of nitrogens with zero attached hydrogens (tertiary/aromatic N) is 2. The summed E-state index contributed by atoms with van der Waals surface area (Å²) in [4.78, 5) is 17.1. The van der Waals surface area contributed by atoms with Crippen LogP contribution in [0, 0.1) is 6.92 Å². The van der Waals surface area contributed by atoms with Gasteiger partial charge in [-0.15, -0.1) is 11.3 Å². The first-order valence-electron chi connectivity index (χ1n) is 8.00. The molecule has 130 valence electrons. The number of fused-ring (bicyclic) bond motifs is 1. The number of amides is 1. The van der Waals surface area contributed by atoms with Gasteiger partial charge in [-0.1, -0.05) is 29.8 Å². The number of aromatic nitrogens is 3. The monoisotopic (exact) mass is 364 g/mol. The summed E-state index contributed by atoms with van der Waals surface area (Å²) in [6, 6.07) is 13.4. The number of aromatic amines is 1. The molecule has 0 saturated heterocycles. The van der Waals surface area contributed by atoms with Crippen LogP contribution in [-0.4, -0.2) is 28.2 Å². The number of rotatable bonds is 4. The SMILES string of the molecule is COc1ccc(C)cc1-c1csc(NC(=O)c2n[nH]c3ccccc23)n1. The standard InChI is InChI=1S/C19H16N4O2S/c1-11-7-8-16(25-2)13(9-11)15-10-26-19(20-15)21-18(24)17-12-5-3-4-6-14(12)22-23-17/h3-10H,1-2H3,(H,22,23)(H,20,21,24). The maximum Gasteiger partial charge on any atom is 0.278 e. The highest BCUT2D eigenvalue weighted by Gasteiger charge is 2.16. The number of para-hydroxylation sites is 1. The van der Waals surface area contributed by atoms with Gasteiger partial charge in [0.2, 0.25) is 0 Å². The largest absolute Gasteiger partial charge is 0.496 e. The number of thiazole rings is 1. The van der Waals surface area contributed by atoms with Crippen molar-refractivity contribution >= 4 is 33.3 Å². The number of benzene rings is 2. The van der Waals surface area contributed by atoms with E-state index in [1.54, 1.807) is 7.11 Å². The third-order valence-electron chi connectivity index (χ3n) is 4.04. The van der Waals surface area contributed by atoms with E-state index < -0.39 is 0 Å². The van der Waals surface area contributed by atoms with Crippen molar-refractivity contribution in [1.82, 2.24) is 15.2 Å². The van der Waals surface area contributed by atoms with Gasteiger partial charge in [0.1, 0.15) is 5.75 Å². The second-order valence-corrected chi connectivity index (χ2v) is 6.67. The number of hydrogen-bond acceptors (Lipinski definition) is 5. The number of nitrogens with one attached hydrogen (secondary N) is 2. The molecule has 0 spiro atoms. The Morgan fingerprint density at radius 3 is 2.92 bits per heavy atom. The first kappa shape index (κ1) is 16.3. The summed E-state index contributed by atoms with van der Waals surface area (Å²) < 4.78 is 5.42. The highest BCUT2D eigenvalue weighted by molar-refractivity contribution is 7.14. The van der Waals surface area contributed by atoms with Gasteiger partial charge in [0, 0.05) is 16.3 Å². The number of methoxy groups -OCH3 is 1. The second kappa shape index (κ2) is 6.61. The summed E-state index contributed by atoms with van der Waals surface area (Å²) in [6.45, 7) is 2.01. The molecule has 0 aliphatic rings. The van der Waals surface area contributed by atoms with E-state index in [0.29, 0.717) is 10.8 Å². The van der Waals surface area contributed by atoms with Gasteiger partial charge in [-0.05, 0) is 25.1 Å². The molecule has 2 aromatic carbocycles. The number of carbonyl (C=O) groups excluding carboxylic acids is 1. The zero-order valence-electron chi connectivity index (χ0n) is 14.2. The smallest absolute Gasteiger partial charge is 0.278 e. The van der Waals surface area contributed by atoms with Crippen LogP contribution in [0.4, 0.5) is 5.13 Å². The van der Waals surface area contributed by atoms with Crippen LogP contribution >= 0.6 is 11.3 Å². The normalized spacial score (nSPS) is 10.8. The lowest BCUT2D eigenvalue weighted by atomic mass is 10.1. The van der Waals surface area contributed by atoms with Crippen molar-refractivity contribution in [3.63, 3.8) is 0 Å². The quantitative estimate of drug-likeness (QED) is 0.567. The zero-order valence-corrected chi connectivity index (χ0v) is 15.1. The van der Waals surface area contributed by atoms with Gasteiger partial charge in [-0.2, -0.15) is 5.10 Å². The maximum atomic E-state index is 12.6. The van der Waals surface area contributed by atoms with E-state index in [-0.39, 0.29) is 5.91 Å². The Bertz CT molecular complexity index is 1100. The average Bonchev–Trinajstić information content (AvgIpc) is 3.28. The highest BCUT2D eigenvalue weighted by atomic mass is 32.1. The van der Waals surface area contributed by atoms with E-state index in [2.05, 4.69) is 20.5 Å². The van der Waals surface area contributed by atoms with E-state index in [1.807, 2.05) is 54.8 Å². The fourth-order valence-corrected chi connectivity index (χ4v) is 3.48. The number of hydrogen-bond donors (Lipinski definition) is 2. The van der Waals surface area contributed by atoms with Gasteiger partial charge >= 0.3 is 0 Å². The summed E-state index contributed by atoms with van der Waals surface area (Å²) >= 11 is 1.36. The van der Waals surface area contributed by atoms with E-state index in [9.17, 15) is 4.79 Å². The molecule has 4 rings (SSSR count). The molecule has 2 aromatic heterocycles. The third-order valence-corrected chi connectivity index (χ3v) is 4.80. The van der Waals surface area contributed by atoms with Crippen molar-refractivity contribution < 1.29 is 9.53 Å². The van der Waals surface area contributed by atoms with Crippen molar-refractivity contribution in [2.45, 2.75) is 6.92 Å². The molecule has 26 heavy (non-hydrogen) atoms. The zero-order chi connectivity index (χ0) is 18.1. The molecule has 4 aromatic rings. The van der Waals surface area contributed by atoms with Crippen LogP contribution in [0.2, 0.25) is 0 Å². The number of ether oxygens (including phenoxy) is 1. The van der Waals surface area contributed by atoms with Gasteiger partial charge in [0.25, 0.3) is 5.91 Å². The summed E-state index contributed by atoms with van der Waals surface area (Å²) in [7, 11) is 1.63. The lowest BCUT2D eigenvalue weighted by Gasteiger charge is -2.07. The molecule has 6 nitrogen and oxygen atoms in total. The molecular weight excluding hydrogens is 348 g/mol. The van der Waals surface area contributed by atoms with Gasteiger partial charge < -0.3 is 4.74 Å². The molecule has 1 amide bonds. The molecule has 0 aliphatic heterocycles. The van der Waals surface area contributed by atoms with E-state index >= 15 is 0 Å². The van der Waals surface area contributed by atoms with Crippen molar-refractivity contribution in [2.75, 3.05) is 12.4 Å². The number of aryl methyl sites for hydroxylation is 1. The molecule has 2 N–H and O–H groups in total. The Morgan fingerprint density at radius 1 is 1.23 bits per heavy atom.